The molecule has 0 spiro atoms. The number of aromatic nitrogens is 4. The quantitative estimate of drug-likeness (QED) is 0.398. The van der Waals surface area contributed by atoms with Crippen molar-refractivity contribution in [3.8, 4) is 0 Å². The zero-order chi connectivity index (χ0) is 15.3. The fourth-order valence-corrected chi connectivity index (χ4v) is 2.52. The Hall–Kier alpha value is -2.01. The molecule has 1 fully saturated rings. The van der Waals surface area contributed by atoms with E-state index < -0.39 is 42.3 Å². The molecule has 0 aromatic carbocycles. The SMILES string of the molecule is Cn1c(=O)[nH]c(=O)c2[nH]nc(C3O[C@H](CO)[C@@H](O)[C@H]3O)c21. The van der Waals surface area contributed by atoms with Gasteiger partial charge >= 0.3 is 5.69 Å². The van der Waals surface area contributed by atoms with E-state index in [1.165, 1.54) is 7.05 Å². The molecule has 2 aromatic rings. The maximum absolute atomic E-state index is 11.7. The van der Waals surface area contributed by atoms with E-state index in [0.29, 0.717) is 0 Å². The highest BCUT2D eigenvalue weighted by molar-refractivity contribution is 5.76. The van der Waals surface area contributed by atoms with E-state index >= 15 is 0 Å². The van der Waals surface area contributed by atoms with Crippen molar-refractivity contribution in [1.82, 2.24) is 19.7 Å². The number of aryl methyl sites for hydroxylation is 1. The Balaban J connectivity index is 2.19. The fourth-order valence-electron chi connectivity index (χ4n) is 2.52. The molecule has 4 atom stereocenters. The second kappa shape index (κ2) is 4.77. The molecule has 1 aliphatic rings. The van der Waals surface area contributed by atoms with Crippen LogP contribution in [0.2, 0.25) is 0 Å². The molecule has 10 nitrogen and oxygen atoms in total. The van der Waals surface area contributed by atoms with E-state index in [2.05, 4.69) is 15.2 Å². The van der Waals surface area contributed by atoms with Crippen molar-refractivity contribution in [3.63, 3.8) is 0 Å². The number of aliphatic hydroxyl groups excluding tert-OH is 3. The monoisotopic (exact) mass is 298 g/mol. The van der Waals surface area contributed by atoms with Crippen LogP contribution in [0.5, 0.6) is 0 Å². The third-order valence-corrected chi connectivity index (χ3v) is 3.67. The lowest BCUT2D eigenvalue weighted by Crippen LogP contribution is -2.32. The molecule has 10 heteroatoms. The molecule has 1 saturated heterocycles. The number of ether oxygens (including phenoxy) is 1. The van der Waals surface area contributed by atoms with Gasteiger partial charge in [-0.15, -0.1) is 0 Å². The van der Waals surface area contributed by atoms with E-state index in [1.54, 1.807) is 0 Å². The summed E-state index contributed by atoms with van der Waals surface area (Å²) in [6, 6.07) is 0. The van der Waals surface area contributed by atoms with Gasteiger partial charge in [0.1, 0.15) is 41.1 Å². The number of hydrogen-bond acceptors (Lipinski definition) is 7. The van der Waals surface area contributed by atoms with Gasteiger partial charge in [0.05, 0.1) is 6.61 Å². The van der Waals surface area contributed by atoms with Crippen LogP contribution in [0, 0.1) is 0 Å². The highest BCUT2D eigenvalue weighted by Crippen LogP contribution is 2.34. The summed E-state index contributed by atoms with van der Waals surface area (Å²) in [5.41, 5.74) is -0.915. The fraction of sp³-hybridized carbons (Fsp3) is 0.545. The van der Waals surface area contributed by atoms with Crippen molar-refractivity contribution in [2.24, 2.45) is 7.05 Å². The molecule has 0 saturated carbocycles. The number of rotatable bonds is 2. The van der Waals surface area contributed by atoms with Crippen molar-refractivity contribution < 1.29 is 20.1 Å². The van der Waals surface area contributed by atoms with Gasteiger partial charge in [-0.1, -0.05) is 0 Å². The summed E-state index contributed by atoms with van der Waals surface area (Å²) < 4.78 is 6.52. The molecule has 21 heavy (non-hydrogen) atoms. The summed E-state index contributed by atoms with van der Waals surface area (Å²) in [6.45, 7) is -0.476. The van der Waals surface area contributed by atoms with Crippen LogP contribution in [0.3, 0.4) is 0 Å². The van der Waals surface area contributed by atoms with E-state index in [9.17, 15) is 19.8 Å². The van der Waals surface area contributed by atoms with Gasteiger partial charge in [-0.3, -0.25) is 19.4 Å². The van der Waals surface area contributed by atoms with Gasteiger partial charge in [0.25, 0.3) is 5.56 Å². The molecule has 0 bridgehead atoms. The number of nitrogens with one attached hydrogen (secondary N) is 2. The van der Waals surface area contributed by atoms with Gasteiger partial charge in [0.15, 0.2) is 0 Å². The number of fused-ring (bicyclic) bond motifs is 1. The molecule has 0 radical (unpaired) electrons. The number of nitrogens with zero attached hydrogens (tertiary/aromatic N) is 2. The summed E-state index contributed by atoms with van der Waals surface area (Å²) in [4.78, 5) is 25.5. The molecule has 2 aromatic heterocycles. The van der Waals surface area contributed by atoms with Crippen molar-refractivity contribution in [2.75, 3.05) is 6.61 Å². The molecule has 0 aliphatic carbocycles. The van der Waals surface area contributed by atoms with Gasteiger partial charge in [-0.2, -0.15) is 5.10 Å². The summed E-state index contributed by atoms with van der Waals surface area (Å²) in [5.74, 6) is 0. The number of hydrogen-bond donors (Lipinski definition) is 5. The first-order valence-corrected chi connectivity index (χ1v) is 6.25. The maximum Gasteiger partial charge on any atom is 0.328 e. The van der Waals surface area contributed by atoms with Crippen LogP contribution in [0.25, 0.3) is 11.0 Å². The normalized spacial score (nSPS) is 29.3. The predicted octanol–water partition coefficient (Wildman–Crippen LogP) is -2.90. The van der Waals surface area contributed by atoms with E-state index in [-0.39, 0.29) is 16.7 Å². The smallest absolute Gasteiger partial charge is 0.328 e. The summed E-state index contributed by atoms with van der Waals surface area (Å²) in [7, 11) is 1.43. The summed E-state index contributed by atoms with van der Waals surface area (Å²) >= 11 is 0. The van der Waals surface area contributed by atoms with Crippen LogP contribution >= 0.6 is 0 Å². The lowest BCUT2D eigenvalue weighted by atomic mass is 10.1. The lowest BCUT2D eigenvalue weighted by molar-refractivity contribution is -0.0236. The molecule has 1 unspecified atom stereocenters. The second-order valence-corrected chi connectivity index (χ2v) is 4.91. The molecule has 5 N–H and O–H groups in total. The van der Waals surface area contributed by atoms with E-state index in [4.69, 9.17) is 9.84 Å². The zero-order valence-corrected chi connectivity index (χ0v) is 11.0. The van der Waals surface area contributed by atoms with Crippen LogP contribution in [0.4, 0.5) is 0 Å². The van der Waals surface area contributed by atoms with Crippen LogP contribution in [0.15, 0.2) is 9.59 Å². The van der Waals surface area contributed by atoms with Crippen molar-refractivity contribution in [1.29, 1.82) is 0 Å². The number of aliphatic hydroxyl groups is 3. The Morgan fingerprint density at radius 2 is 2.05 bits per heavy atom. The molecule has 0 amide bonds. The van der Waals surface area contributed by atoms with Gasteiger partial charge in [-0.25, -0.2) is 4.79 Å². The first-order chi connectivity index (χ1) is 9.95. The largest absolute Gasteiger partial charge is 0.394 e. The average molecular weight is 298 g/mol. The van der Waals surface area contributed by atoms with Gasteiger partial charge in [0, 0.05) is 7.05 Å². The Morgan fingerprint density at radius 3 is 2.67 bits per heavy atom. The molecule has 3 rings (SSSR count). The van der Waals surface area contributed by atoms with Crippen LogP contribution in [0.1, 0.15) is 11.8 Å². The highest BCUT2D eigenvalue weighted by Gasteiger charge is 2.45. The predicted molar refractivity (Wildman–Crippen MR) is 68.7 cm³/mol. The minimum absolute atomic E-state index is 0.0600. The third kappa shape index (κ3) is 1.92. The number of aromatic amines is 2. The standard InChI is InChI=1S/C11H14N4O6/c1-15-6-4(9-8(18)7(17)3(2-16)21-9)13-14-5(6)10(19)12-11(15)20/h3,7-9,16-18H,2H2,1H3,(H,13,14)(H,12,19,20)/t3-,7-,8-,9?/m1/s1. The Morgan fingerprint density at radius 1 is 1.33 bits per heavy atom. The van der Waals surface area contributed by atoms with Crippen molar-refractivity contribution >= 4 is 11.0 Å². The second-order valence-electron chi connectivity index (χ2n) is 4.91. The van der Waals surface area contributed by atoms with Crippen molar-refractivity contribution in [2.45, 2.75) is 24.4 Å². The highest BCUT2D eigenvalue weighted by atomic mass is 16.6. The molecular weight excluding hydrogens is 284 g/mol. The summed E-state index contributed by atoms with van der Waals surface area (Å²) in [6.07, 6.45) is -4.64. The topological polar surface area (TPSA) is 153 Å². The minimum Gasteiger partial charge on any atom is -0.394 e. The van der Waals surface area contributed by atoms with Crippen LogP contribution in [-0.2, 0) is 11.8 Å². The van der Waals surface area contributed by atoms with Gasteiger partial charge in [0.2, 0.25) is 0 Å². The summed E-state index contributed by atoms with van der Waals surface area (Å²) in [5, 5.41) is 35.3. The first-order valence-electron chi connectivity index (χ1n) is 6.25. The molecule has 114 valence electrons. The van der Waals surface area contributed by atoms with E-state index in [1.807, 2.05) is 0 Å². The Labute approximate surface area is 116 Å². The van der Waals surface area contributed by atoms with Crippen LogP contribution < -0.4 is 11.2 Å². The zero-order valence-electron chi connectivity index (χ0n) is 11.0. The number of H-pyrrole nitrogens is 2. The van der Waals surface area contributed by atoms with E-state index in [0.717, 1.165) is 4.57 Å². The minimum atomic E-state index is -1.33. The first kappa shape index (κ1) is 13.9. The Kier molecular flexibility index (Phi) is 3.17. The maximum atomic E-state index is 11.7. The molecular formula is C11H14N4O6. The molecule has 1 aliphatic heterocycles. The third-order valence-electron chi connectivity index (χ3n) is 3.67. The Bertz CT molecular complexity index is 792. The molecule has 3 heterocycles. The van der Waals surface area contributed by atoms with Crippen LogP contribution in [-0.4, -0.2) is 60.0 Å². The van der Waals surface area contributed by atoms with Gasteiger partial charge in [-0.05, 0) is 0 Å². The average Bonchev–Trinajstić information content (AvgIpc) is 3.00. The lowest BCUT2D eigenvalue weighted by Gasteiger charge is -2.13. The van der Waals surface area contributed by atoms with Gasteiger partial charge < -0.3 is 20.1 Å². The van der Waals surface area contributed by atoms with Crippen molar-refractivity contribution in [3.05, 3.63) is 26.5 Å².